The molecule has 1 heterocycles. The highest BCUT2D eigenvalue weighted by Gasteiger charge is 2.11. The number of rotatable bonds is 5. The number of aryl methyl sites for hydroxylation is 1. The lowest BCUT2D eigenvalue weighted by atomic mass is 10.1. The fourth-order valence-electron chi connectivity index (χ4n) is 2.75. The number of nitrogens with one attached hydrogen (secondary N) is 2. The van der Waals surface area contributed by atoms with Gasteiger partial charge < -0.3 is 16.4 Å². The number of nitrogens with two attached hydrogens (primary N) is 1. The molecule has 3 aromatic rings. The number of benzene rings is 2. The lowest BCUT2D eigenvalue weighted by Crippen LogP contribution is -2.25. The predicted octanol–water partition coefficient (Wildman–Crippen LogP) is 2.37. The Hall–Kier alpha value is -3.25. The predicted molar refractivity (Wildman–Crippen MR) is 102 cm³/mol. The van der Waals surface area contributed by atoms with E-state index in [4.69, 9.17) is 5.73 Å². The van der Waals surface area contributed by atoms with Gasteiger partial charge in [0.1, 0.15) is 0 Å². The molecule has 0 aliphatic carbocycles. The average molecular weight is 348 g/mol. The summed E-state index contributed by atoms with van der Waals surface area (Å²) < 4.78 is 0. The summed E-state index contributed by atoms with van der Waals surface area (Å²) in [5, 5.41) is 6.61. The van der Waals surface area contributed by atoms with Crippen molar-refractivity contribution < 1.29 is 9.59 Å². The number of amides is 2. The van der Waals surface area contributed by atoms with E-state index in [9.17, 15) is 9.59 Å². The van der Waals surface area contributed by atoms with Crippen LogP contribution in [0, 0.1) is 6.92 Å². The Labute approximate surface area is 151 Å². The van der Waals surface area contributed by atoms with Crippen molar-refractivity contribution in [3.8, 4) is 0 Å². The average Bonchev–Trinajstić information content (AvgIpc) is 2.67. The van der Waals surface area contributed by atoms with Gasteiger partial charge in [-0.05, 0) is 42.3 Å². The van der Waals surface area contributed by atoms with Crippen LogP contribution in [0.15, 0.2) is 54.7 Å². The van der Waals surface area contributed by atoms with Gasteiger partial charge in [-0.2, -0.15) is 0 Å². The summed E-state index contributed by atoms with van der Waals surface area (Å²) in [6.07, 6.45) is 1.75. The van der Waals surface area contributed by atoms with Crippen molar-refractivity contribution in [1.82, 2.24) is 10.3 Å². The van der Waals surface area contributed by atoms with Gasteiger partial charge in [-0.1, -0.05) is 24.3 Å². The van der Waals surface area contributed by atoms with E-state index in [0.29, 0.717) is 17.8 Å². The first kappa shape index (κ1) is 17.6. The highest BCUT2D eigenvalue weighted by atomic mass is 16.2. The van der Waals surface area contributed by atoms with Gasteiger partial charge in [-0.15, -0.1) is 0 Å². The van der Waals surface area contributed by atoms with Crippen LogP contribution < -0.4 is 16.4 Å². The van der Waals surface area contributed by atoms with Crippen molar-refractivity contribution in [3.63, 3.8) is 0 Å². The Morgan fingerprint density at radius 2 is 1.96 bits per heavy atom. The van der Waals surface area contributed by atoms with Gasteiger partial charge in [0, 0.05) is 29.4 Å². The fourth-order valence-corrected chi connectivity index (χ4v) is 2.75. The molecule has 0 aliphatic heterocycles. The number of carbonyl (C=O) groups excluding carboxylic acids is 2. The summed E-state index contributed by atoms with van der Waals surface area (Å²) >= 11 is 0. The van der Waals surface area contributed by atoms with Gasteiger partial charge in [0.05, 0.1) is 12.1 Å². The molecule has 0 saturated carbocycles. The van der Waals surface area contributed by atoms with Crippen molar-refractivity contribution in [2.45, 2.75) is 13.5 Å². The molecule has 4 N–H and O–H groups in total. The third-order valence-corrected chi connectivity index (χ3v) is 4.13. The van der Waals surface area contributed by atoms with Gasteiger partial charge in [-0.25, -0.2) is 0 Å². The standard InChI is InChI=1S/C20H20N4O2/c1-13-7-8-15(24-19(25)11-21)10-17(13)20(26)23-12-14-4-2-6-18-16(14)5-3-9-22-18/h2-10H,11-12,21H2,1H3,(H,23,26)(H,24,25). The monoisotopic (exact) mass is 348 g/mol. The van der Waals surface area contributed by atoms with Gasteiger partial charge in [0.15, 0.2) is 0 Å². The summed E-state index contributed by atoms with van der Waals surface area (Å²) in [7, 11) is 0. The Balaban J connectivity index is 1.77. The highest BCUT2D eigenvalue weighted by molar-refractivity contribution is 5.98. The highest BCUT2D eigenvalue weighted by Crippen LogP contribution is 2.18. The molecule has 0 fully saturated rings. The maximum absolute atomic E-state index is 12.6. The molecule has 0 saturated heterocycles. The maximum Gasteiger partial charge on any atom is 0.251 e. The number of hydrogen-bond acceptors (Lipinski definition) is 4. The molecule has 132 valence electrons. The van der Waals surface area contributed by atoms with Crippen molar-refractivity contribution >= 4 is 28.4 Å². The van der Waals surface area contributed by atoms with E-state index in [1.54, 1.807) is 24.4 Å². The fraction of sp³-hybridized carbons (Fsp3) is 0.150. The molecule has 1 aromatic heterocycles. The number of nitrogens with zero attached hydrogens (tertiary/aromatic N) is 1. The second kappa shape index (κ2) is 7.76. The smallest absolute Gasteiger partial charge is 0.251 e. The minimum Gasteiger partial charge on any atom is -0.348 e. The minimum absolute atomic E-state index is 0.107. The molecule has 0 radical (unpaired) electrons. The molecule has 0 bridgehead atoms. The van der Waals surface area contributed by atoms with Crippen molar-refractivity contribution in [3.05, 3.63) is 71.4 Å². The molecule has 2 amide bonds. The van der Waals surface area contributed by atoms with Gasteiger partial charge in [0.2, 0.25) is 5.91 Å². The van der Waals surface area contributed by atoms with E-state index >= 15 is 0 Å². The van der Waals surface area contributed by atoms with Crippen LogP contribution in [0.25, 0.3) is 10.9 Å². The van der Waals surface area contributed by atoms with E-state index in [-0.39, 0.29) is 18.4 Å². The zero-order chi connectivity index (χ0) is 18.5. The first-order valence-electron chi connectivity index (χ1n) is 8.30. The number of pyridine rings is 1. The number of fused-ring (bicyclic) bond motifs is 1. The Morgan fingerprint density at radius 3 is 2.77 bits per heavy atom. The Kier molecular flexibility index (Phi) is 5.24. The topological polar surface area (TPSA) is 97.1 Å². The summed E-state index contributed by atoms with van der Waals surface area (Å²) in [6.45, 7) is 2.14. The van der Waals surface area contributed by atoms with Crippen LogP contribution in [0.1, 0.15) is 21.5 Å². The van der Waals surface area contributed by atoms with E-state index in [1.165, 1.54) is 0 Å². The van der Waals surface area contributed by atoms with Gasteiger partial charge in [-0.3, -0.25) is 14.6 Å². The molecule has 26 heavy (non-hydrogen) atoms. The van der Waals surface area contributed by atoms with Gasteiger partial charge >= 0.3 is 0 Å². The summed E-state index contributed by atoms with van der Waals surface area (Å²) in [4.78, 5) is 28.4. The molecule has 2 aromatic carbocycles. The third kappa shape index (κ3) is 3.87. The van der Waals surface area contributed by atoms with E-state index in [1.807, 2.05) is 37.3 Å². The van der Waals surface area contributed by atoms with Crippen LogP contribution in [-0.2, 0) is 11.3 Å². The summed E-state index contributed by atoms with van der Waals surface area (Å²) in [5.74, 6) is -0.504. The minimum atomic E-state index is -0.302. The second-order valence-electron chi connectivity index (χ2n) is 5.95. The number of carbonyl (C=O) groups is 2. The van der Waals surface area contributed by atoms with Crippen LogP contribution in [0.5, 0.6) is 0 Å². The molecule has 6 nitrogen and oxygen atoms in total. The van der Waals surface area contributed by atoms with E-state index < -0.39 is 0 Å². The van der Waals surface area contributed by atoms with Crippen LogP contribution >= 0.6 is 0 Å². The SMILES string of the molecule is Cc1ccc(NC(=O)CN)cc1C(=O)NCc1cccc2ncccc12. The lowest BCUT2D eigenvalue weighted by Gasteiger charge is -2.11. The first-order valence-corrected chi connectivity index (χ1v) is 8.30. The first-order chi connectivity index (χ1) is 12.6. The molecular formula is C20H20N4O2. The summed E-state index contributed by atoms with van der Waals surface area (Å²) in [6, 6.07) is 14.9. The zero-order valence-corrected chi connectivity index (χ0v) is 14.5. The van der Waals surface area contributed by atoms with Crippen LogP contribution in [0.2, 0.25) is 0 Å². The Morgan fingerprint density at radius 1 is 1.12 bits per heavy atom. The lowest BCUT2D eigenvalue weighted by molar-refractivity contribution is -0.114. The molecule has 0 atom stereocenters. The van der Waals surface area contributed by atoms with Crippen LogP contribution in [-0.4, -0.2) is 23.3 Å². The molecule has 3 rings (SSSR count). The molecule has 6 heteroatoms. The Bertz CT molecular complexity index is 964. The zero-order valence-electron chi connectivity index (χ0n) is 14.5. The van der Waals surface area contributed by atoms with Crippen LogP contribution in [0.4, 0.5) is 5.69 Å². The molecule has 0 spiro atoms. The van der Waals surface area contributed by atoms with Crippen molar-refractivity contribution in [2.75, 3.05) is 11.9 Å². The largest absolute Gasteiger partial charge is 0.348 e. The van der Waals surface area contributed by atoms with Gasteiger partial charge in [0.25, 0.3) is 5.91 Å². The number of hydrogen-bond donors (Lipinski definition) is 3. The molecular weight excluding hydrogens is 328 g/mol. The summed E-state index contributed by atoms with van der Waals surface area (Å²) in [5.41, 5.74) is 9.08. The van der Waals surface area contributed by atoms with Crippen LogP contribution in [0.3, 0.4) is 0 Å². The quantitative estimate of drug-likeness (QED) is 0.659. The maximum atomic E-state index is 12.6. The third-order valence-electron chi connectivity index (χ3n) is 4.13. The van der Waals surface area contributed by atoms with Crippen molar-refractivity contribution in [1.29, 1.82) is 0 Å². The molecule has 0 unspecified atom stereocenters. The molecule has 0 aliphatic rings. The van der Waals surface area contributed by atoms with E-state index in [2.05, 4.69) is 15.6 Å². The number of anilines is 1. The van der Waals surface area contributed by atoms with Crippen molar-refractivity contribution in [2.24, 2.45) is 5.73 Å². The second-order valence-corrected chi connectivity index (χ2v) is 5.95. The normalized spacial score (nSPS) is 10.5. The van der Waals surface area contributed by atoms with E-state index in [0.717, 1.165) is 22.0 Å². The number of aromatic nitrogens is 1.